The molecule has 0 bridgehead atoms. The first-order valence-electron chi connectivity index (χ1n) is 6.89. The molecule has 0 aliphatic rings. The maximum atomic E-state index is 10.1. The molecule has 0 aromatic heterocycles. The van der Waals surface area contributed by atoms with E-state index in [1.165, 1.54) is 11.3 Å². The van der Waals surface area contributed by atoms with Crippen molar-refractivity contribution in [2.24, 2.45) is 0 Å². The van der Waals surface area contributed by atoms with Gasteiger partial charge in [0, 0.05) is 37.6 Å². The number of nitrogens with one attached hydrogen (secondary N) is 1. The standard InChI is InChI=1S/C17H22N2O2/c1-12-10-14(19(2)3)8-9-15(12)18-11-13-6-5-7-16(21-4)17(13)20/h5-10,18,20H,11H2,1-4H3. The number of methoxy groups -OCH3 is 1. The lowest BCUT2D eigenvalue weighted by Crippen LogP contribution is -2.09. The van der Waals surface area contributed by atoms with Gasteiger partial charge in [0.1, 0.15) is 0 Å². The molecular formula is C17H22N2O2. The third-order valence-corrected chi connectivity index (χ3v) is 3.50. The number of para-hydroxylation sites is 1. The molecule has 112 valence electrons. The van der Waals surface area contributed by atoms with Crippen LogP contribution >= 0.6 is 0 Å². The zero-order chi connectivity index (χ0) is 15.4. The third kappa shape index (κ3) is 3.40. The number of rotatable bonds is 5. The van der Waals surface area contributed by atoms with Crippen LogP contribution in [0, 0.1) is 6.92 Å². The minimum Gasteiger partial charge on any atom is -0.504 e. The number of benzene rings is 2. The molecule has 0 amide bonds. The number of aromatic hydroxyl groups is 1. The van der Waals surface area contributed by atoms with E-state index in [0.717, 1.165) is 11.3 Å². The zero-order valence-corrected chi connectivity index (χ0v) is 13.0. The molecule has 0 saturated heterocycles. The average Bonchev–Trinajstić information content (AvgIpc) is 2.47. The summed E-state index contributed by atoms with van der Waals surface area (Å²) in [6.07, 6.45) is 0. The SMILES string of the molecule is COc1cccc(CNc2ccc(N(C)C)cc2C)c1O. The number of ether oxygens (including phenoxy) is 1. The van der Waals surface area contributed by atoms with Gasteiger partial charge in [-0.2, -0.15) is 0 Å². The van der Waals surface area contributed by atoms with Crippen molar-refractivity contribution in [2.45, 2.75) is 13.5 Å². The van der Waals surface area contributed by atoms with Crippen LogP contribution in [0.2, 0.25) is 0 Å². The summed E-state index contributed by atoms with van der Waals surface area (Å²) in [5.41, 5.74) is 4.21. The Balaban J connectivity index is 2.13. The van der Waals surface area contributed by atoms with E-state index in [1.807, 2.05) is 26.2 Å². The van der Waals surface area contributed by atoms with Gasteiger partial charge in [-0.25, -0.2) is 0 Å². The molecule has 2 aromatic carbocycles. The predicted octanol–water partition coefficient (Wildman–Crippen LogP) is 3.39. The van der Waals surface area contributed by atoms with E-state index in [9.17, 15) is 5.11 Å². The van der Waals surface area contributed by atoms with E-state index in [0.29, 0.717) is 12.3 Å². The summed E-state index contributed by atoms with van der Waals surface area (Å²) in [4.78, 5) is 2.07. The quantitative estimate of drug-likeness (QED) is 0.884. The zero-order valence-electron chi connectivity index (χ0n) is 13.0. The molecule has 0 fully saturated rings. The first-order valence-corrected chi connectivity index (χ1v) is 6.89. The Labute approximate surface area is 126 Å². The number of anilines is 2. The Morgan fingerprint density at radius 3 is 2.57 bits per heavy atom. The first kappa shape index (κ1) is 15.0. The second-order valence-electron chi connectivity index (χ2n) is 5.22. The highest BCUT2D eigenvalue weighted by Gasteiger charge is 2.08. The minimum absolute atomic E-state index is 0.190. The van der Waals surface area contributed by atoms with E-state index in [2.05, 4.69) is 35.3 Å². The average molecular weight is 286 g/mol. The maximum Gasteiger partial charge on any atom is 0.162 e. The number of aryl methyl sites for hydroxylation is 1. The Bertz CT molecular complexity index is 624. The summed E-state index contributed by atoms with van der Waals surface area (Å²) in [5.74, 6) is 0.684. The first-order chi connectivity index (χ1) is 10.0. The Morgan fingerprint density at radius 2 is 1.95 bits per heavy atom. The highest BCUT2D eigenvalue weighted by atomic mass is 16.5. The van der Waals surface area contributed by atoms with Crippen LogP contribution in [0.4, 0.5) is 11.4 Å². The largest absolute Gasteiger partial charge is 0.504 e. The molecule has 0 atom stereocenters. The summed E-state index contributed by atoms with van der Waals surface area (Å²) in [7, 11) is 5.60. The number of hydrogen-bond acceptors (Lipinski definition) is 4. The summed E-state index contributed by atoms with van der Waals surface area (Å²) in [6.45, 7) is 2.62. The van der Waals surface area contributed by atoms with Crippen LogP contribution in [0.15, 0.2) is 36.4 Å². The van der Waals surface area contributed by atoms with Crippen LogP contribution in [-0.2, 0) is 6.54 Å². The molecule has 0 radical (unpaired) electrons. The number of phenolic OH excluding ortho intramolecular Hbond substituents is 1. The van der Waals surface area contributed by atoms with Crippen LogP contribution < -0.4 is 15.0 Å². The van der Waals surface area contributed by atoms with E-state index >= 15 is 0 Å². The lowest BCUT2D eigenvalue weighted by atomic mass is 10.1. The van der Waals surface area contributed by atoms with Crippen molar-refractivity contribution >= 4 is 11.4 Å². The summed E-state index contributed by atoms with van der Waals surface area (Å²) in [5, 5.41) is 13.4. The van der Waals surface area contributed by atoms with Gasteiger partial charge in [-0.3, -0.25) is 0 Å². The van der Waals surface area contributed by atoms with Crippen molar-refractivity contribution in [3.8, 4) is 11.5 Å². The molecule has 4 nitrogen and oxygen atoms in total. The van der Waals surface area contributed by atoms with Crippen LogP contribution in [-0.4, -0.2) is 26.3 Å². The van der Waals surface area contributed by atoms with Gasteiger partial charge in [-0.05, 0) is 36.8 Å². The molecule has 0 saturated carbocycles. The molecular weight excluding hydrogens is 264 g/mol. The summed E-state index contributed by atoms with van der Waals surface area (Å²) < 4.78 is 5.12. The van der Waals surface area contributed by atoms with Crippen molar-refractivity contribution in [1.29, 1.82) is 0 Å². The summed E-state index contributed by atoms with van der Waals surface area (Å²) >= 11 is 0. The highest BCUT2D eigenvalue weighted by Crippen LogP contribution is 2.30. The van der Waals surface area contributed by atoms with Gasteiger partial charge in [-0.15, -0.1) is 0 Å². The van der Waals surface area contributed by atoms with Gasteiger partial charge < -0.3 is 20.1 Å². The summed E-state index contributed by atoms with van der Waals surface area (Å²) in [6, 6.07) is 11.8. The monoisotopic (exact) mass is 286 g/mol. The molecule has 0 aliphatic heterocycles. The lowest BCUT2D eigenvalue weighted by molar-refractivity contribution is 0.371. The van der Waals surface area contributed by atoms with Gasteiger partial charge in [0.2, 0.25) is 0 Å². The third-order valence-electron chi connectivity index (χ3n) is 3.50. The normalized spacial score (nSPS) is 10.3. The Morgan fingerprint density at radius 1 is 1.19 bits per heavy atom. The molecule has 0 unspecified atom stereocenters. The van der Waals surface area contributed by atoms with Crippen molar-refractivity contribution in [1.82, 2.24) is 0 Å². The van der Waals surface area contributed by atoms with Gasteiger partial charge in [0.15, 0.2) is 11.5 Å². The highest BCUT2D eigenvalue weighted by molar-refractivity contribution is 5.60. The molecule has 4 heteroatoms. The van der Waals surface area contributed by atoms with Gasteiger partial charge >= 0.3 is 0 Å². The predicted molar refractivity (Wildman–Crippen MR) is 87.5 cm³/mol. The fraction of sp³-hybridized carbons (Fsp3) is 0.294. The molecule has 2 aromatic rings. The van der Waals surface area contributed by atoms with Crippen LogP contribution in [0.1, 0.15) is 11.1 Å². The smallest absolute Gasteiger partial charge is 0.162 e. The number of hydrogen-bond donors (Lipinski definition) is 2. The topological polar surface area (TPSA) is 44.7 Å². The van der Waals surface area contributed by atoms with Crippen molar-refractivity contribution in [3.05, 3.63) is 47.5 Å². The number of phenols is 1. The molecule has 0 aliphatic carbocycles. The van der Waals surface area contributed by atoms with E-state index < -0.39 is 0 Å². The van der Waals surface area contributed by atoms with Gasteiger partial charge in [0.25, 0.3) is 0 Å². The molecule has 0 heterocycles. The Kier molecular flexibility index (Phi) is 4.58. The van der Waals surface area contributed by atoms with Gasteiger partial charge in [-0.1, -0.05) is 12.1 Å². The number of nitrogens with zero attached hydrogens (tertiary/aromatic N) is 1. The fourth-order valence-electron chi connectivity index (χ4n) is 2.19. The molecule has 2 N–H and O–H groups in total. The second kappa shape index (κ2) is 6.39. The fourth-order valence-corrected chi connectivity index (χ4v) is 2.19. The van der Waals surface area contributed by atoms with Crippen molar-refractivity contribution < 1.29 is 9.84 Å². The van der Waals surface area contributed by atoms with Crippen molar-refractivity contribution in [2.75, 3.05) is 31.4 Å². The molecule has 0 spiro atoms. The van der Waals surface area contributed by atoms with Gasteiger partial charge in [0.05, 0.1) is 7.11 Å². The van der Waals surface area contributed by atoms with Crippen LogP contribution in [0.5, 0.6) is 11.5 Å². The Hall–Kier alpha value is -2.36. The lowest BCUT2D eigenvalue weighted by Gasteiger charge is -2.16. The molecule has 2 rings (SSSR count). The van der Waals surface area contributed by atoms with E-state index in [1.54, 1.807) is 13.2 Å². The maximum absolute atomic E-state index is 10.1. The van der Waals surface area contributed by atoms with E-state index in [-0.39, 0.29) is 5.75 Å². The van der Waals surface area contributed by atoms with Crippen LogP contribution in [0.25, 0.3) is 0 Å². The minimum atomic E-state index is 0.190. The van der Waals surface area contributed by atoms with Crippen LogP contribution in [0.3, 0.4) is 0 Å². The second-order valence-corrected chi connectivity index (χ2v) is 5.22. The van der Waals surface area contributed by atoms with E-state index in [4.69, 9.17) is 4.74 Å². The molecule has 21 heavy (non-hydrogen) atoms. The van der Waals surface area contributed by atoms with Crippen molar-refractivity contribution in [3.63, 3.8) is 0 Å².